The fourth-order valence-corrected chi connectivity index (χ4v) is 6.12. The first kappa shape index (κ1) is 30.1. The molecule has 1 aliphatic rings. The van der Waals surface area contributed by atoms with E-state index in [0.29, 0.717) is 36.1 Å². The summed E-state index contributed by atoms with van der Waals surface area (Å²) in [5.74, 6) is -2.82. The number of fused-ring (bicyclic) bond motifs is 2. The molecule has 1 unspecified atom stereocenters. The van der Waals surface area contributed by atoms with Crippen LogP contribution >= 0.6 is 0 Å². The minimum absolute atomic E-state index is 0.112. The van der Waals surface area contributed by atoms with E-state index in [0.717, 1.165) is 0 Å². The minimum Gasteiger partial charge on any atom is -0.490 e. The molecule has 11 nitrogen and oxygen atoms in total. The van der Waals surface area contributed by atoms with Gasteiger partial charge in [-0.25, -0.2) is 31.8 Å². The Labute approximate surface area is 247 Å². The molecule has 0 bridgehead atoms. The van der Waals surface area contributed by atoms with E-state index in [1.54, 1.807) is 40.7 Å². The van der Waals surface area contributed by atoms with E-state index in [9.17, 15) is 23.1 Å². The fourth-order valence-electron chi connectivity index (χ4n) is 5.14. The summed E-state index contributed by atoms with van der Waals surface area (Å²) in [5, 5.41) is 14.7. The van der Waals surface area contributed by atoms with Gasteiger partial charge in [0.05, 0.1) is 22.8 Å². The van der Waals surface area contributed by atoms with E-state index < -0.39 is 39.4 Å². The Hall–Kier alpha value is -4.36. The second kappa shape index (κ2) is 11.0. The molecule has 226 valence electrons. The number of nitrogens with zero attached hydrogens (tertiary/aromatic N) is 3. The van der Waals surface area contributed by atoms with Crippen LogP contribution in [0.4, 0.5) is 4.39 Å². The van der Waals surface area contributed by atoms with Crippen molar-refractivity contribution in [2.75, 3.05) is 6.61 Å². The molecule has 1 aliphatic heterocycles. The largest absolute Gasteiger partial charge is 0.490 e. The van der Waals surface area contributed by atoms with Gasteiger partial charge in [-0.3, -0.25) is 4.79 Å². The molecule has 1 atom stereocenters. The summed E-state index contributed by atoms with van der Waals surface area (Å²) in [4.78, 5) is 30.2. The van der Waals surface area contributed by atoms with E-state index in [1.807, 2.05) is 4.72 Å². The van der Waals surface area contributed by atoms with Crippen LogP contribution in [-0.4, -0.2) is 52.2 Å². The van der Waals surface area contributed by atoms with Crippen LogP contribution in [0.3, 0.4) is 0 Å². The van der Waals surface area contributed by atoms with Gasteiger partial charge >= 0.3 is 5.97 Å². The number of halogens is 1. The second-order valence-electron chi connectivity index (χ2n) is 11.2. The van der Waals surface area contributed by atoms with Crippen LogP contribution in [0, 0.1) is 19.7 Å². The van der Waals surface area contributed by atoms with Gasteiger partial charge in [0, 0.05) is 28.5 Å². The van der Waals surface area contributed by atoms with Crippen LogP contribution in [-0.2, 0) is 26.0 Å². The molecule has 43 heavy (non-hydrogen) atoms. The SMILES string of the molecule is Cc1nc2cc(C(=O)NS(=O)(=O)c3ccccc3)nn2c(-c2cc(F)c3c(c2C)CCCO3)c1C(OC(C)(C)C)C(=O)O. The van der Waals surface area contributed by atoms with E-state index in [4.69, 9.17) is 9.47 Å². The first-order chi connectivity index (χ1) is 20.2. The maximum atomic E-state index is 15.5. The molecule has 0 saturated heterocycles. The normalized spacial score (nSPS) is 14.2. The van der Waals surface area contributed by atoms with Crippen LogP contribution in [0.15, 0.2) is 47.4 Å². The molecule has 0 spiro atoms. The lowest BCUT2D eigenvalue weighted by Gasteiger charge is -2.28. The number of benzene rings is 2. The Morgan fingerprint density at radius 3 is 2.51 bits per heavy atom. The highest BCUT2D eigenvalue weighted by molar-refractivity contribution is 7.90. The van der Waals surface area contributed by atoms with E-state index >= 15 is 4.39 Å². The average Bonchev–Trinajstić information content (AvgIpc) is 3.37. The Kier molecular flexibility index (Phi) is 7.73. The molecule has 13 heteroatoms. The predicted molar refractivity (Wildman–Crippen MR) is 154 cm³/mol. The number of sulfonamides is 1. The molecule has 0 radical (unpaired) electrons. The summed E-state index contributed by atoms with van der Waals surface area (Å²) in [5.41, 5.74) is 1.01. The molecule has 5 rings (SSSR count). The summed E-state index contributed by atoms with van der Waals surface area (Å²) in [6.07, 6.45) is -0.331. The third-order valence-electron chi connectivity index (χ3n) is 6.99. The van der Waals surface area contributed by atoms with Crippen molar-refractivity contribution in [3.05, 3.63) is 76.4 Å². The van der Waals surface area contributed by atoms with Crippen molar-refractivity contribution < 1.29 is 37.0 Å². The number of rotatable bonds is 7. The predicted octanol–water partition coefficient (Wildman–Crippen LogP) is 4.54. The van der Waals surface area contributed by atoms with Crippen molar-refractivity contribution in [3.63, 3.8) is 0 Å². The van der Waals surface area contributed by atoms with E-state index in [1.165, 1.54) is 40.9 Å². The molecular formula is C30H31FN4O7S. The minimum atomic E-state index is -4.22. The number of carbonyl (C=O) groups excluding carboxylic acids is 1. The van der Waals surface area contributed by atoms with Gasteiger partial charge in [-0.05, 0) is 71.2 Å². The summed E-state index contributed by atoms with van der Waals surface area (Å²) in [7, 11) is -4.22. The van der Waals surface area contributed by atoms with Crippen molar-refractivity contribution in [1.29, 1.82) is 0 Å². The standard InChI is InChI=1S/C30H31FN4O7S/c1-16-19-12-9-13-41-26(19)21(31)14-20(16)25-24(27(29(37)38)42-30(3,4)5)17(2)32-23-15-22(33-35(23)25)28(36)34-43(39,40)18-10-7-6-8-11-18/h6-8,10-11,14-15,27H,9,12-13H2,1-5H3,(H,34,36)(H,37,38). The number of hydrogen-bond acceptors (Lipinski definition) is 8. The number of amides is 1. The molecular weight excluding hydrogens is 579 g/mol. The number of carboxylic acids is 1. The summed E-state index contributed by atoms with van der Waals surface area (Å²) >= 11 is 0. The number of nitrogens with one attached hydrogen (secondary N) is 1. The average molecular weight is 611 g/mol. The topological polar surface area (TPSA) is 149 Å². The smallest absolute Gasteiger partial charge is 0.337 e. The fraction of sp³-hybridized carbons (Fsp3) is 0.333. The monoisotopic (exact) mass is 610 g/mol. The lowest BCUT2D eigenvalue weighted by molar-refractivity contribution is -0.160. The number of aryl methyl sites for hydroxylation is 1. The van der Waals surface area contributed by atoms with Gasteiger partial charge in [-0.15, -0.1) is 0 Å². The van der Waals surface area contributed by atoms with Gasteiger partial charge in [0.2, 0.25) is 0 Å². The highest BCUT2D eigenvalue weighted by atomic mass is 32.2. The molecule has 3 heterocycles. The lowest BCUT2D eigenvalue weighted by atomic mass is 9.91. The second-order valence-corrected chi connectivity index (χ2v) is 12.9. The summed E-state index contributed by atoms with van der Waals surface area (Å²) < 4.78 is 55.9. The van der Waals surface area contributed by atoms with E-state index in [2.05, 4.69) is 10.1 Å². The molecule has 2 N–H and O–H groups in total. The van der Waals surface area contributed by atoms with Gasteiger partial charge in [-0.2, -0.15) is 5.10 Å². The highest BCUT2D eigenvalue weighted by Gasteiger charge is 2.35. The third-order valence-corrected chi connectivity index (χ3v) is 8.34. The van der Waals surface area contributed by atoms with Crippen LogP contribution in [0.5, 0.6) is 5.75 Å². The molecule has 0 saturated carbocycles. The third kappa shape index (κ3) is 5.82. The number of carbonyl (C=O) groups is 2. The quantitative estimate of drug-likeness (QED) is 0.308. The summed E-state index contributed by atoms with van der Waals surface area (Å²) in [6.45, 7) is 8.84. The van der Waals surface area contributed by atoms with Gasteiger partial charge in [0.25, 0.3) is 15.9 Å². The van der Waals surface area contributed by atoms with Crippen LogP contribution in [0.25, 0.3) is 16.9 Å². The molecule has 2 aromatic heterocycles. The Bertz CT molecular complexity index is 1870. The zero-order chi connectivity index (χ0) is 31.3. The van der Waals surface area contributed by atoms with Crippen LogP contribution < -0.4 is 9.46 Å². The Balaban J connectivity index is 1.75. The number of aliphatic carboxylic acids is 1. The zero-order valence-corrected chi connectivity index (χ0v) is 25.1. The molecule has 0 fully saturated rings. The first-order valence-corrected chi connectivity index (χ1v) is 15.0. The molecule has 0 aliphatic carbocycles. The number of hydrogen-bond donors (Lipinski definition) is 2. The zero-order valence-electron chi connectivity index (χ0n) is 24.3. The number of carboxylic acid groups (broad SMARTS) is 1. The number of aromatic nitrogens is 3. The van der Waals surface area contributed by atoms with Crippen LogP contribution in [0.1, 0.15) is 66.2 Å². The number of ether oxygens (including phenoxy) is 2. The Morgan fingerprint density at radius 1 is 1.16 bits per heavy atom. The van der Waals surface area contributed by atoms with Crippen molar-refractivity contribution in [3.8, 4) is 17.0 Å². The van der Waals surface area contributed by atoms with Gasteiger partial charge in [0.1, 0.15) is 0 Å². The van der Waals surface area contributed by atoms with Gasteiger partial charge in [0.15, 0.2) is 29.0 Å². The van der Waals surface area contributed by atoms with Gasteiger partial charge in [-0.1, -0.05) is 18.2 Å². The Morgan fingerprint density at radius 2 is 1.86 bits per heavy atom. The van der Waals surface area contributed by atoms with Crippen LogP contribution in [0.2, 0.25) is 0 Å². The van der Waals surface area contributed by atoms with Crippen molar-refractivity contribution in [2.45, 2.75) is 64.1 Å². The molecule has 4 aromatic rings. The summed E-state index contributed by atoms with van der Waals surface area (Å²) in [6, 6.07) is 9.89. The maximum Gasteiger partial charge on any atom is 0.337 e. The van der Waals surface area contributed by atoms with Gasteiger partial charge < -0.3 is 14.6 Å². The van der Waals surface area contributed by atoms with Crippen molar-refractivity contribution >= 4 is 27.5 Å². The molecule has 2 aromatic carbocycles. The van der Waals surface area contributed by atoms with E-state index in [-0.39, 0.29) is 38.9 Å². The highest BCUT2D eigenvalue weighted by Crippen LogP contribution is 2.41. The van der Waals surface area contributed by atoms with Crippen molar-refractivity contribution in [2.24, 2.45) is 0 Å². The van der Waals surface area contributed by atoms with Crippen molar-refractivity contribution in [1.82, 2.24) is 19.3 Å². The maximum absolute atomic E-state index is 15.5. The first-order valence-electron chi connectivity index (χ1n) is 13.6. The lowest BCUT2D eigenvalue weighted by Crippen LogP contribution is -2.31. The molecule has 1 amide bonds.